The fraction of sp³-hybridized carbons (Fsp3) is 1.00. The van der Waals surface area contributed by atoms with E-state index in [-0.39, 0.29) is 26.6 Å². The third kappa shape index (κ3) is 17.8. The Bertz CT molecular complexity index is 137. The molecule has 0 aromatic carbocycles. The van der Waals surface area contributed by atoms with E-state index in [1.165, 1.54) is 82.0 Å². The summed E-state index contributed by atoms with van der Waals surface area (Å²) in [4.78, 5) is 0. The minimum atomic E-state index is 0. The molecule has 0 aliphatic carbocycles. The standard InChI is InChI=1S/C16H36N.FH.4H2O/c1-5-9-13-17(14-10-6-2,15-11-7-3)16-12-8-4;;;;;/h5-16H2,1-4H3;1H;4*1H2/q+1;;;;;/p-1. The SMILES string of the molecule is CCCC[N+](CCCC)(CCCC)CCCC.O.O.O.O.[F-]. The van der Waals surface area contributed by atoms with Gasteiger partial charge in [-0.3, -0.25) is 0 Å². The van der Waals surface area contributed by atoms with Gasteiger partial charge in [0.05, 0.1) is 26.2 Å². The van der Waals surface area contributed by atoms with Gasteiger partial charge in [0, 0.05) is 0 Å². The van der Waals surface area contributed by atoms with Crippen molar-refractivity contribution in [1.82, 2.24) is 0 Å². The molecular formula is C16H44FNO4. The maximum atomic E-state index is 2.33. The van der Waals surface area contributed by atoms with Crippen molar-refractivity contribution in [3.8, 4) is 0 Å². The summed E-state index contributed by atoms with van der Waals surface area (Å²) in [6, 6.07) is 0. The molecule has 6 heteroatoms. The molecular weight excluding hydrogens is 289 g/mol. The van der Waals surface area contributed by atoms with E-state index in [0.717, 1.165) is 0 Å². The van der Waals surface area contributed by atoms with E-state index in [4.69, 9.17) is 0 Å². The van der Waals surface area contributed by atoms with Crippen molar-refractivity contribution in [2.75, 3.05) is 26.2 Å². The molecule has 0 unspecified atom stereocenters. The molecule has 0 aromatic rings. The highest BCUT2D eigenvalue weighted by molar-refractivity contribution is 4.49. The van der Waals surface area contributed by atoms with Gasteiger partial charge in [0.2, 0.25) is 0 Å². The lowest BCUT2D eigenvalue weighted by Crippen LogP contribution is -3.00. The van der Waals surface area contributed by atoms with Crippen LogP contribution in [-0.2, 0) is 0 Å². The van der Waals surface area contributed by atoms with Gasteiger partial charge in [0.25, 0.3) is 0 Å². The normalized spacial score (nSPS) is 9.27. The maximum absolute atomic E-state index is 2.33. The number of halogens is 1. The minimum absolute atomic E-state index is 0. The van der Waals surface area contributed by atoms with Crippen LogP contribution in [0.5, 0.6) is 0 Å². The first-order chi connectivity index (χ1) is 8.24. The lowest BCUT2D eigenvalue weighted by molar-refractivity contribution is -0.929. The van der Waals surface area contributed by atoms with E-state index < -0.39 is 0 Å². The number of quaternary nitrogens is 1. The second kappa shape index (κ2) is 25.7. The van der Waals surface area contributed by atoms with Crippen LogP contribution in [0.4, 0.5) is 0 Å². The highest BCUT2D eigenvalue weighted by atomic mass is 19.0. The van der Waals surface area contributed by atoms with Gasteiger partial charge in [-0.05, 0) is 25.7 Å². The summed E-state index contributed by atoms with van der Waals surface area (Å²) in [5.74, 6) is 0. The monoisotopic (exact) mass is 333 g/mol. The van der Waals surface area contributed by atoms with Gasteiger partial charge in [-0.15, -0.1) is 0 Å². The van der Waals surface area contributed by atoms with Crippen LogP contribution in [0.3, 0.4) is 0 Å². The molecule has 0 amide bonds. The van der Waals surface area contributed by atoms with Gasteiger partial charge >= 0.3 is 0 Å². The Labute approximate surface area is 137 Å². The molecule has 0 aromatic heterocycles. The number of hydrogen-bond donors (Lipinski definition) is 0. The molecule has 0 radical (unpaired) electrons. The Morgan fingerprint density at radius 1 is 0.455 bits per heavy atom. The molecule has 0 spiro atoms. The van der Waals surface area contributed by atoms with Gasteiger partial charge in [-0.25, -0.2) is 0 Å². The Morgan fingerprint density at radius 2 is 0.636 bits per heavy atom. The molecule has 0 aliphatic heterocycles. The summed E-state index contributed by atoms with van der Waals surface area (Å²) < 4.78 is 1.42. The largest absolute Gasteiger partial charge is 1.00 e. The molecule has 0 saturated carbocycles. The molecule has 0 aliphatic rings. The van der Waals surface area contributed by atoms with E-state index in [9.17, 15) is 0 Å². The fourth-order valence-corrected chi connectivity index (χ4v) is 2.64. The molecule has 0 saturated heterocycles. The number of rotatable bonds is 12. The summed E-state index contributed by atoms with van der Waals surface area (Å²) >= 11 is 0. The summed E-state index contributed by atoms with van der Waals surface area (Å²) in [6.45, 7) is 15.0. The van der Waals surface area contributed by atoms with Gasteiger partial charge in [0.15, 0.2) is 0 Å². The zero-order valence-electron chi connectivity index (χ0n) is 15.3. The van der Waals surface area contributed by atoms with E-state index in [0.29, 0.717) is 0 Å². The van der Waals surface area contributed by atoms with Crippen LogP contribution in [0.2, 0.25) is 0 Å². The topological polar surface area (TPSA) is 126 Å². The van der Waals surface area contributed by atoms with Crippen LogP contribution in [0.1, 0.15) is 79.1 Å². The number of unbranched alkanes of at least 4 members (excludes halogenated alkanes) is 4. The first-order valence-corrected chi connectivity index (χ1v) is 8.09. The van der Waals surface area contributed by atoms with Crippen molar-refractivity contribution in [3.05, 3.63) is 0 Å². The maximum Gasteiger partial charge on any atom is 0.0786 e. The molecule has 0 bridgehead atoms. The van der Waals surface area contributed by atoms with E-state index in [1.54, 1.807) is 0 Å². The van der Waals surface area contributed by atoms with Gasteiger partial charge < -0.3 is 31.1 Å². The first-order valence-electron chi connectivity index (χ1n) is 8.09. The van der Waals surface area contributed by atoms with Crippen molar-refractivity contribution in [2.45, 2.75) is 79.1 Å². The molecule has 22 heavy (non-hydrogen) atoms. The molecule has 8 N–H and O–H groups in total. The van der Waals surface area contributed by atoms with Crippen molar-refractivity contribution >= 4 is 0 Å². The first kappa shape index (κ1) is 37.7. The second-order valence-electron chi connectivity index (χ2n) is 5.65. The van der Waals surface area contributed by atoms with E-state index >= 15 is 0 Å². The smallest absolute Gasteiger partial charge is 0.0786 e. The predicted molar refractivity (Wildman–Crippen MR) is 93.8 cm³/mol. The quantitative estimate of drug-likeness (QED) is 0.394. The van der Waals surface area contributed by atoms with Crippen LogP contribution in [-0.4, -0.2) is 52.6 Å². The molecule has 0 rings (SSSR count). The van der Waals surface area contributed by atoms with Crippen molar-refractivity contribution < 1.29 is 31.1 Å². The van der Waals surface area contributed by atoms with Crippen molar-refractivity contribution in [1.29, 1.82) is 0 Å². The Hall–Kier alpha value is -0.270. The van der Waals surface area contributed by atoms with Crippen LogP contribution in [0, 0.1) is 0 Å². The van der Waals surface area contributed by atoms with Crippen LogP contribution in [0.25, 0.3) is 0 Å². The van der Waals surface area contributed by atoms with Crippen molar-refractivity contribution in [3.63, 3.8) is 0 Å². The summed E-state index contributed by atoms with van der Waals surface area (Å²) in [6.07, 6.45) is 11.1. The average Bonchev–Trinajstić information content (AvgIpc) is 2.37. The highest BCUT2D eigenvalue weighted by Gasteiger charge is 2.24. The lowest BCUT2D eigenvalue weighted by atomic mass is 10.1. The molecule has 5 nitrogen and oxygen atoms in total. The molecule has 144 valence electrons. The number of nitrogens with zero attached hydrogens (tertiary/aromatic N) is 1. The van der Waals surface area contributed by atoms with Gasteiger partial charge in [-0.1, -0.05) is 53.4 Å². The van der Waals surface area contributed by atoms with Gasteiger partial charge in [-0.2, -0.15) is 0 Å². The van der Waals surface area contributed by atoms with Crippen molar-refractivity contribution in [2.24, 2.45) is 0 Å². The van der Waals surface area contributed by atoms with Crippen LogP contribution in [0.15, 0.2) is 0 Å². The van der Waals surface area contributed by atoms with E-state index in [1.807, 2.05) is 0 Å². The fourth-order valence-electron chi connectivity index (χ4n) is 2.64. The highest BCUT2D eigenvalue weighted by Crippen LogP contribution is 2.16. The Morgan fingerprint density at radius 3 is 0.773 bits per heavy atom. The average molecular weight is 334 g/mol. The van der Waals surface area contributed by atoms with Gasteiger partial charge in [0.1, 0.15) is 0 Å². The Balaban J connectivity index is -0.000000128. The lowest BCUT2D eigenvalue weighted by Gasteiger charge is -2.39. The minimum Gasteiger partial charge on any atom is -1.00 e. The summed E-state index contributed by atoms with van der Waals surface area (Å²) in [5, 5.41) is 0. The number of hydrogen-bond acceptors (Lipinski definition) is 0. The van der Waals surface area contributed by atoms with Crippen LogP contribution < -0.4 is 4.70 Å². The molecule has 0 atom stereocenters. The molecule has 0 heterocycles. The zero-order chi connectivity index (χ0) is 13.0. The molecule has 0 fully saturated rings. The van der Waals surface area contributed by atoms with Crippen LogP contribution >= 0.6 is 0 Å². The third-order valence-electron chi connectivity index (χ3n) is 3.94. The third-order valence-corrected chi connectivity index (χ3v) is 3.94. The predicted octanol–water partition coefficient (Wildman–Crippen LogP) is -1.29. The second-order valence-corrected chi connectivity index (χ2v) is 5.65. The Kier molecular flexibility index (Phi) is 44.0. The summed E-state index contributed by atoms with van der Waals surface area (Å²) in [7, 11) is 0. The summed E-state index contributed by atoms with van der Waals surface area (Å²) in [5.41, 5.74) is 0. The zero-order valence-corrected chi connectivity index (χ0v) is 15.3. The van der Waals surface area contributed by atoms with E-state index in [2.05, 4.69) is 27.7 Å².